The van der Waals surface area contributed by atoms with Crippen molar-refractivity contribution in [1.82, 2.24) is 5.43 Å². The van der Waals surface area contributed by atoms with Crippen LogP contribution in [0.3, 0.4) is 0 Å². The summed E-state index contributed by atoms with van der Waals surface area (Å²) in [6.45, 7) is 0. The minimum atomic E-state index is -0.0458. The highest BCUT2D eigenvalue weighted by Gasteiger charge is 2.17. The lowest BCUT2D eigenvalue weighted by Crippen LogP contribution is -2.29. The summed E-state index contributed by atoms with van der Waals surface area (Å²) in [5.74, 6) is 5.61. The quantitative estimate of drug-likeness (QED) is 0.615. The van der Waals surface area contributed by atoms with E-state index in [9.17, 15) is 0 Å². The van der Waals surface area contributed by atoms with Crippen molar-refractivity contribution < 1.29 is 0 Å². The fraction of sp³-hybridized carbons (Fsp3) is 0.167. The Hall–Kier alpha value is -0.100. The number of hydrogen-bond donors (Lipinski definition) is 2. The molecule has 0 fully saturated rings. The monoisotopic (exact) mass is 364 g/mol. The van der Waals surface area contributed by atoms with Crippen LogP contribution in [0.2, 0.25) is 8.67 Å². The molecule has 3 N–H and O–H groups in total. The number of rotatable bonds is 4. The van der Waals surface area contributed by atoms with Crippen LogP contribution < -0.4 is 11.3 Å². The molecule has 0 bridgehead atoms. The first kappa shape index (κ1) is 14.3. The molecule has 2 rings (SSSR count). The number of hydrogen-bond acceptors (Lipinski definition) is 3. The summed E-state index contributed by atoms with van der Waals surface area (Å²) >= 11 is 16.9. The summed E-state index contributed by atoms with van der Waals surface area (Å²) in [4.78, 5) is 0. The van der Waals surface area contributed by atoms with Gasteiger partial charge in [-0.25, -0.2) is 0 Å². The average Bonchev–Trinajstić information content (AvgIpc) is 2.65. The van der Waals surface area contributed by atoms with Crippen molar-refractivity contribution in [3.05, 3.63) is 54.6 Å². The molecule has 1 aromatic carbocycles. The highest BCUT2D eigenvalue weighted by molar-refractivity contribution is 9.10. The van der Waals surface area contributed by atoms with Crippen LogP contribution in [-0.2, 0) is 6.42 Å². The van der Waals surface area contributed by atoms with Gasteiger partial charge in [-0.3, -0.25) is 11.3 Å². The molecule has 18 heavy (non-hydrogen) atoms. The SMILES string of the molecule is NNC(Cc1cccc(Br)c1)c1cc(Cl)sc1Cl. The molecule has 2 nitrogen and oxygen atoms in total. The molecule has 0 saturated carbocycles. The molecule has 0 aliphatic heterocycles. The van der Waals surface area contributed by atoms with Crippen LogP contribution in [0, 0.1) is 0 Å². The summed E-state index contributed by atoms with van der Waals surface area (Å²) < 4.78 is 2.40. The van der Waals surface area contributed by atoms with Crippen molar-refractivity contribution in [3.63, 3.8) is 0 Å². The standard InChI is InChI=1S/C12H11BrCl2N2S/c13-8-3-1-2-7(4-8)5-10(17-16)9-6-11(14)18-12(9)15/h1-4,6,10,17H,5,16H2. The van der Waals surface area contributed by atoms with Crippen molar-refractivity contribution in [3.8, 4) is 0 Å². The van der Waals surface area contributed by atoms with Crippen LogP contribution in [0.15, 0.2) is 34.8 Å². The predicted octanol–water partition coefficient (Wildman–Crippen LogP) is 4.56. The Morgan fingerprint density at radius 1 is 1.33 bits per heavy atom. The molecular weight excluding hydrogens is 355 g/mol. The molecule has 1 unspecified atom stereocenters. The van der Waals surface area contributed by atoms with E-state index in [1.165, 1.54) is 16.9 Å². The Morgan fingerprint density at radius 2 is 2.11 bits per heavy atom. The molecule has 0 aliphatic carbocycles. The minimum absolute atomic E-state index is 0.0458. The van der Waals surface area contributed by atoms with E-state index in [2.05, 4.69) is 33.5 Å². The van der Waals surface area contributed by atoms with Gasteiger partial charge in [-0.15, -0.1) is 11.3 Å². The Bertz CT molecular complexity index is 545. The predicted molar refractivity (Wildman–Crippen MR) is 82.2 cm³/mol. The molecule has 0 saturated heterocycles. The topological polar surface area (TPSA) is 38.0 Å². The molecule has 1 heterocycles. The molecule has 0 radical (unpaired) electrons. The van der Waals surface area contributed by atoms with Crippen molar-refractivity contribution in [2.45, 2.75) is 12.5 Å². The second-order valence-electron chi connectivity index (χ2n) is 3.83. The van der Waals surface area contributed by atoms with Gasteiger partial charge in [0.05, 0.1) is 14.7 Å². The Labute approximate surface area is 128 Å². The second-order valence-corrected chi connectivity index (χ2v) is 7.03. The average molecular weight is 366 g/mol. The van der Waals surface area contributed by atoms with Gasteiger partial charge in [0.25, 0.3) is 0 Å². The third-order valence-corrected chi connectivity index (χ3v) is 4.60. The lowest BCUT2D eigenvalue weighted by Gasteiger charge is -2.15. The van der Waals surface area contributed by atoms with E-state index in [1.54, 1.807) is 0 Å². The van der Waals surface area contributed by atoms with Crippen LogP contribution >= 0.6 is 50.5 Å². The van der Waals surface area contributed by atoms with Gasteiger partial charge in [0.2, 0.25) is 0 Å². The normalized spacial score (nSPS) is 12.7. The van der Waals surface area contributed by atoms with E-state index in [0.717, 1.165) is 16.5 Å². The van der Waals surface area contributed by atoms with Crippen LogP contribution in [0.4, 0.5) is 0 Å². The maximum atomic E-state index is 6.15. The van der Waals surface area contributed by atoms with Gasteiger partial charge in [0, 0.05) is 10.0 Å². The van der Waals surface area contributed by atoms with Crippen molar-refractivity contribution in [2.75, 3.05) is 0 Å². The molecule has 6 heteroatoms. The number of halogens is 3. The zero-order valence-corrected chi connectivity index (χ0v) is 13.2. The van der Waals surface area contributed by atoms with Crippen LogP contribution in [0.1, 0.15) is 17.2 Å². The largest absolute Gasteiger partial charge is 0.271 e. The van der Waals surface area contributed by atoms with Gasteiger partial charge in [0.1, 0.15) is 0 Å². The molecule has 2 aromatic rings. The van der Waals surface area contributed by atoms with Gasteiger partial charge in [-0.1, -0.05) is 51.3 Å². The summed E-state index contributed by atoms with van der Waals surface area (Å²) in [6.07, 6.45) is 0.753. The third kappa shape index (κ3) is 3.47. The van der Waals surface area contributed by atoms with E-state index in [0.29, 0.717) is 8.67 Å². The van der Waals surface area contributed by atoms with E-state index in [1.807, 2.05) is 18.2 Å². The Balaban J connectivity index is 2.22. The highest BCUT2D eigenvalue weighted by Crippen LogP contribution is 2.36. The number of benzene rings is 1. The number of thiophene rings is 1. The van der Waals surface area contributed by atoms with Gasteiger partial charge in [0.15, 0.2) is 0 Å². The smallest absolute Gasteiger partial charge is 0.0992 e. The fourth-order valence-electron chi connectivity index (χ4n) is 1.75. The van der Waals surface area contributed by atoms with E-state index in [-0.39, 0.29) is 6.04 Å². The molecule has 96 valence electrons. The first-order valence-electron chi connectivity index (χ1n) is 5.25. The lowest BCUT2D eigenvalue weighted by atomic mass is 10.0. The first-order chi connectivity index (χ1) is 8.60. The molecule has 0 aliphatic rings. The van der Waals surface area contributed by atoms with E-state index >= 15 is 0 Å². The van der Waals surface area contributed by atoms with Crippen LogP contribution in [0.5, 0.6) is 0 Å². The zero-order valence-electron chi connectivity index (χ0n) is 9.29. The summed E-state index contributed by atoms with van der Waals surface area (Å²) in [5, 5.41) is 0. The molecule has 0 spiro atoms. The molecule has 1 aromatic heterocycles. The van der Waals surface area contributed by atoms with E-state index in [4.69, 9.17) is 29.0 Å². The number of nitrogens with one attached hydrogen (secondary N) is 1. The summed E-state index contributed by atoms with van der Waals surface area (Å²) in [5.41, 5.74) is 4.90. The third-order valence-electron chi connectivity index (χ3n) is 2.59. The fourth-order valence-corrected chi connectivity index (χ4v) is 3.77. The van der Waals surface area contributed by atoms with Crippen LogP contribution in [0.25, 0.3) is 0 Å². The first-order valence-corrected chi connectivity index (χ1v) is 7.62. The van der Waals surface area contributed by atoms with Crippen molar-refractivity contribution in [1.29, 1.82) is 0 Å². The van der Waals surface area contributed by atoms with Crippen molar-refractivity contribution >= 4 is 50.5 Å². The molecule has 0 amide bonds. The van der Waals surface area contributed by atoms with Gasteiger partial charge < -0.3 is 0 Å². The second kappa shape index (κ2) is 6.37. The maximum Gasteiger partial charge on any atom is 0.0992 e. The molecular formula is C12H11BrCl2N2S. The molecule has 1 atom stereocenters. The number of hydrazine groups is 1. The number of nitrogens with two attached hydrogens (primary N) is 1. The van der Waals surface area contributed by atoms with Gasteiger partial charge in [-0.2, -0.15) is 0 Å². The van der Waals surface area contributed by atoms with Gasteiger partial charge >= 0.3 is 0 Å². The lowest BCUT2D eigenvalue weighted by molar-refractivity contribution is 0.553. The van der Waals surface area contributed by atoms with E-state index < -0.39 is 0 Å². The zero-order chi connectivity index (χ0) is 13.1. The summed E-state index contributed by atoms with van der Waals surface area (Å²) in [6, 6.07) is 9.91. The van der Waals surface area contributed by atoms with Crippen molar-refractivity contribution in [2.24, 2.45) is 5.84 Å². The van der Waals surface area contributed by atoms with Gasteiger partial charge in [-0.05, 0) is 30.2 Å². The Kier molecular flexibility index (Phi) is 5.06. The summed E-state index contributed by atoms with van der Waals surface area (Å²) in [7, 11) is 0. The minimum Gasteiger partial charge on any atom is -0.271 e. The highest BCUT2D eigenvalue weighted by atomic mass is 79.9. The Morgan fingerprint density at radius 3 is 2.67 bits per heavy atom. The maximum absolute atomic E-state index is 6.15. The van der Waals surface area contributed by atoms with Crippen LogP contribution in [-0.4, -0.2) is 0 Å².